The highest BCUT2D eigenvalue weighted by Gasteiger charge is 2.31. The predicted molar refractivity (Wildman–Crippen MR) is 96.5 cm³/mol. The van der Waals surface area contributed by atoms with Crippen LogP contribution in [0, 0.1) is 6.92 Å². The van der Waals surface area contributed by atoms with E-state index in [1.807, 2.05) is 6.92 Å². The number of halogens is 1. The number of thiophene rings is 1. The van der Waals surface area contributed by atoms with Gasteiger partial charge in [0.2, 0.25) is 10.0 Å². The minimum absolute atomic E-state index is 0.0742. The van der Waals surface area contributed by atoms with E-state index >= 15 is 0 Å². The van der Waals surface area contributed by atoms with Gasteiger partial charge in [-0.3, -0.25) is 4.79 Å². The van der Waals surface area contributed by atoms with Gasteiger partial charge in [0, 0.05) is 23.8 Å². The summed E-state index contributed by atoms with van der Waals surface area (Å²) in [5.41, 5.74) is 1.44. The average Bonchev–Trinajstić information content (AvgIpc) is 3.22. The van der Waals surface area contributed by atoms with E-state index in [1.54, 1.807) is 23.6 Å². The fourth-order valence-electron chi connectivity index (χ4n) is 2.59. The molecule has 1 amide bonds. The second-order valence-corrected chi connectivity index (χ2v) is 8.87. The highest BCUT2D eigenvalue weighted by molar-refractivity contribution is 7.89. The first-order valence-corrected chi connectivity index (χ1v) is 10.2. The summed E-state index contributed by atoms with van der Waals surface area (Å²) >= 11 is 7.18. The lowest BCUT2D eigenvalue weighted by Crippen LogP contribution is -2.29. The van der Waals surface area contributed by atoms with Gasteiger partial charge in [-0.1, -0.05) is 17.7 Å². The lowest BCUT2D eigenvalue weighted by atomic mass is 10.2. The Morgan fingerprint density at radius 3 is 2.62 bits per heavy atom. The predicted octanol–water partition coefficient (Wildman–Crippen LogP) is 3.75. The lowest BCUT2D eigenvalue weighted by Gasteiger charge is -2.15. The summed E-state index contributed by atoms with van der Waals surface area (Å²) in [4.78, 5) is 12.8. The van der Waals surface area contributed by atoms with Crippen molar-refractivity contribution >= 4 is 44.6 Å². The number of rotatable bonds is 4. The van der Waals surface area contributed by atoms with Crippen LogP contribution in [-0.2, 0) is 10.0 Å². The molecule has 5 nitrogen and oxygen atoms in total. The molecule has 2 heterocycles. The number of benzene rings is 1. The fraction of sp³-hybridized carbons (Fsp3) is 0.312. The van der Waals surface area contributed by atoms with Gasteiger partial charge in [-0.15, -0.1) is 11.3 Å². The molecule has 24 heavy (non-hydrogen) atoms. The molecule has 1 aliphatic heterocycles. The zero-order chi connectivity index (χ0) is 17.3. The first-order valence-electron chi connectivity index (χ1n) is 7.55. The molecule has 1 aromatic heterocycles. The van der Waals surface area contributed by atoms with Crippen LogP contribution in [0.15, 0.2) is 34.5 Å². The number of hydrogen-bond donors (Lipinski definition) is 1. The van der Waals surface area contributed by atoms with E-state index in [0.717, 1.165) is 29.7 Å². The van der Waals surface area contributed by atoms with E-state index in [0.29, 0.717) is 23.8 Å². The SMILES string of the molecule is Cc1ccc(NC(=O)c2sccc2S(=O)(=O)N2CCCC2)cc1Cl. The van der Waals surface area contributed by atoms with Gasteiger partial charge in [-0.05, 0) is 48.9 Å². The van der Waals surface area contributed by atoms with Crippen LogP contribution in [0.4, 0.5) is 5.69 Å². The summed E-state index contributed by atoms with van der Waals surface area (Å²) in [6, 6.07) is 6.68. The van der Waals surface area contributed by atoms with Crippen molar-refractivity contribution < 1.29 is 13.2 Å². The Morgan fingerprint density at radius 1 is 1.25 bits per heavy atom. The van der Waals surface area contributed by atoms with Gasteiger partial charge >= 0.3 is 0 Å². The van der Waals surface area contributed by atoms with Crippen LogP contribution in [0.25, 0.3) is 0 Å². The summed E-state index contributed by atoms with van der Waals surface area (Å²) in [5.74, 6) is -0.442. The minimum Gasteiger partial charge on any atom is -0.321 e. The molecule has 1 saturated heterocycles. The molecule has 1 aliphatic rings. The first kappa shape index (κ1) is 17.4. The van der Waals surface area contributed by atoms with E-state index < -0.39 is 15.9 Å². The van der Waals surface area contributed by atoms with Crippen LogP contribution in [-0.4, -0.2) is 31.7 Å². The third-order valence-corrected chi connectivity index (χ3v) is 7.34. The Bertz CT molecular complexity index is 871. The number of hydrogen-bond acceptors (Lipinski definition) is 4. The third kappa shape index (κ3) is 3.35. The Morgan fingerprint density at radius 2 is 1.96 bits per heavy atom. The van der Waals surface area contributed by atoms with Gasteiger partial charge < -0.3 is 5.32 Å². The van der Waals surface area contributed by atoms with Crippen LogP contribution in [0.2, 0.25) is 5.02 Å². The molecule has 0 saturated carbocycles. The maximum Gasteiger partial charge on any atom is 0.267 e. The number of nitrogens with one attached hydrogen (secondary N) is 1. The number of sulfonamides is 1. The topological polar surface area (TPSA) is 66.5 Å². The van der Waals surface area contributed by atoms with Crippen molar-refractivity contribution in [2.45, 2.75) is 24.7 Å². The Balaban J connectivity index is 1.86. The molecule has 0 radical (unpaired) electrons. The summed E-state index contributed by atoms with van der Waals surface area (Å²) in [7, 11) is -3.62. The maximum atomic E-state index is 12.7. The van der Waals surface area contributed by atoms with Crippen molar-refractivity contribution in [3.63, 3.8) is 0 Å². The Hall–Kier alpha value is -1.41. The minimum atomic E-state index is -3.62. The van der Waals surface area contributed by atoms with Gasteiger partial charge in [0.05, 0.1) is 0 Å². The molecule has 0 atom stereocenters. The Labute approximate surface area is 150 Å². The van der Waals surface area contributed by atoms with Crippen molar-refractivity contribution in [2.24, 2.45) is 0 Å². The van der Waals surface area contributed by atoms with Crippen molar-refractivity contribution in [3.8, 4) is 0 Å². The summed E-state index contributed by atoms with van der Waals surface area (Å²) < 4.78 is 26.8. The van der Waals surface area contributed by atoms with Crippen LogP contribution in [0.3, 0.4) is 0 Å². The molecule has 1 aromatic carbocycles. The lowest BCUT2D eigenvalue weighted by molar-refractivity contribution is 0.102. The van der Waals surface area contributed by atoms with Gasteiger partial charge in [-0.2, -0.15) is 4.31 Å². The standard InChI is InChI=1S/C16H17ClN2O3S2/c1-11-4-5-12(10-13(11)17)18-16(20)15-14(6-9-23-15)24(21,22)19-7-2-3-8-19/h4-6,9-10H,2-3,7-8H2,1H3,(H,18,20). The molecular formula is C16H17ClN2O3S2. The summed E-state index contributed by atoms with van der Waals surface area (Å²) in [6.07, 6.45) is 1.71. The van der Waals surface area contributed by atoms with Crippen LogP contribution >= 0.6 is 22.9 Å². The highest BCUT2D eigenvalue weighted by atomic mass is 35.5. The van der Waals surface area contributed by atoms with Gasteiger partial charge in [0.15, 0.2) is 0 Å². The van der Waals surface area contributed by atoms with Crippen LogP contribution in [0.1, 0.15) is 28.1 Å². The number of anilines is 1. The molecule has 1 fully saturated rings. The van der Waals surface area contributed by atoms with Crippen molar-refractivity contribution in [1.82, 2.24) is 4.31 Å². The average molecular weight is 385 g/mol. The molecule has 8 heteroatoms. The number of amides is 1. The van der Waals surface area contributed by atoms with E-state index in [-0.39, 0.29) is 9.77 Å². The second-order valence-electron chi connectivity index (χ2n) is 5.64. The quantitative estimate of drug-likeness (QED) is 0.872. The largest absolute Gasteiger partial charge is 0.321 e. The molecule has 0 aliphatic carbocycles. The van der Waals surface area contributed by atoms with Crippen molar-refractivity contribution in [1.29, 1.82) is 0 Å². The summed E-state index contributed by atoms with van der Waals surface area (Å²) in [6.45, 7) is 2.88. The van der Waals surface area contributed by atoms with E-state index in [1.165, 1.54) is 10.4 Å². The molecule has 0 unspecified atom stereocenters. The number of carbonyl (C=O) groups excluding carboxylic acids is 1. The number of aryl methyl sites for hydroxylation is 1. The zero-order valence-corrected chi connectivity index (χ0v) is 15.5. The zero-order valence-electron chi connectivity index (χ0n) is 13.1. The van der Waals surface area contributed by atoms with Crippen molar-refractivity contribution in [3.05, 3.63) is 45.1 Å². The van der Waals surface area contributed by atoms with E-state index in [9.17, 15) is 13.2 Å². The van der Waals surface area contributed by atoms with Crippen LogP contribution < -0.4 is 5.32 Å². The molecule has 0 spiro atoms. The van der Waals surface area contributed by atoms with E-state index in [4.69, 9.17) is 11.6 Å². The van der Waals surface area contributed by atoms with Crippen LogP contribution in [0.5, 0.6) is 0 Å². The third-order valence-electron chi connectivity index (χ3n) is 3.95. The number of nitrogens with zero attached hydrogens (tertiary/aromatic N) is 1. The fourth-order valence-corrected chi connectivity index (χ4v) is 5.59. The molecule has 2 aromatic rings. The Kier molecular flexibility index (Phi) is 4.96. The smallest absolute Gasteiger partial charge is 0.267 e. The maximum absolute atomic E-state index is 12.7. The van der Waals surface area contributed by atoms with Gasteiger partial charge in [0.1, 0.15) is 9.77 Å². The molecule has 0 bridgehead atoms. The second kappa shape index (κ2) is 6.84. The normalized spacial score (nSPS) is 15.6. The van der Waals surface area contributed by atoms with Gasteiger partial charge in [0.25, 0.3) is 5.91 Å². The molecular weight excluding hydrogens is 368 g/mol. The van der Waals surface area contributed by atoms with Crippen molar-refractivity contribution in [2.75, 3.05) is 18.4 Å². The summed E-state index contributed by atoms with van der Waals surface area (Å²) in [5, 5.41) is 4.89. The molecule has 1 N–H and O–H groups in total. The molecule has 3 rings (SSSR count). The van der Waals surface area contributed by atoms with E-state index in [2.05, 4.69) is 5.32 Å². The van der Waals surface area contributed by atoms with Gasteiger partial charge in [-0.25, -0.2) is 8.42 Å². The first-order chi connectivity index (χ1) is 11.4. The highest BCUT2D eigenvalue weighted by Crippen LogP contribution is 2.29. The monoisotopic (exact) mass is 384 g/mol. The molecule has 128 valence electrons. The number of carbonyl (C=O) groups is 1.